The summed E-state index contributed by atoms with van der Waals surface area (Å²) in [6.07, 6.45) is 14.4. The number of allylic oxidation sites excluding steroid dienone is 1. The molecule has 1 atom stereocenters. The minimum atomic E-state index is -0.108. The van der Waals surface area contributed by atoms with Crippen LogP contribution in [0.3, 0.4) is 0 Å². The number of hydrogen-bond acceptors (Lipinski definition) is 2. The van der Waals surface area contributed by atoms with Gasteiger partial charge in [0.15, 0.2) is 0 Å². The lowest BCUT2D eigenvalue weighted by Crippen LogP contribution is -2.12. The summed E-state index contributed by atoms with van der Waals surface area (Å²) in [5, 5.41) is 0. The van der Waals surface area contributed by atoms with Gasteiger partial charge in [-0.2, -0.15) is 0 Å². The number of carbonyl (C=O) groups excluding carboxylic acids is 1. The Morgan fingerprint density at radius 3 is 2.39 bits per heavy atom. The maximum absolute atomic E-state index is 11.3. The van der Waals surface area contributed by atoms with E-state index in [4.69, 9.17) is 4.74 Å². The van der Waals surface area contributed by atoms with E-state index in [1.165, 1.54) is 38.5 Å². The van der Waals surface area contributed by atoms with Crippen LogP contribution in [0.25, 0.3) is 0 Å². The number of carbonyl (C=O) groups is 1. The molecule has 0 spiro atoms. The van der Waals surface area contributed by atoms with E-state index in [1.54, 1.807) is 0 Å². The van der Waals surface area contributed by atoms with Gasteiger partial charge in [-0.15, -0.1) is 0 Å². The van der Waals surface area contributed by atoms with Crippen molar-refractivity contribution in [2.24, 2.45) is 0 Å². The molecular weight excluding hydrogens is 224 g/mol. The highest BCUT2D eigenvalue weighted by atomic mass is 16.5. The van der Waals surface area contributed by atoms with Gasteiger partial charge in [0.2, 0.25) is 0 Å². The Balaban J connectivity index is 3.34. The van der Waals surface area contributed by atoms with E-state index in [-0.39, 0.29) is 12.1 Å². The number of hydrogen-bond donors (Lipinski definition) is 0. The summed E-state index contributed by atoms with van der Waals surface area (Å²) in [5.74, 6) is -0.108. The average Bonchev–Trinajstić information content (AvgIpc) is 2.36. The van der Waals surface area contributed by atoms with Crippen LogP contribution in [0.5, 0.6) is 0 Å². The third-order valence-electron chi connectivity index (χ3n) is 3.08. The van der Waals surface area contributed by atoms with E-state index < -0.39 is 0 Å². The SMILES string of the molecule is CCCCCCCC/C=C\CC(=O)OC(C)CC. The van der Waals surface area contributed by atoms with Gasteiger partial charge >= 0.3 is 5.97 Å². The maximum atomic E-state index is 11.3. The molecule has 0 aromatic heterocycles. The van der Waals surface area contributed by atoms with E-state index in [0.717, 1.165) is 12.8 Å². The highest BCUT2D eigenvalue weighted by molar-refractivity contribution is 5.71. The third kappa shape index (κ3) is 11.7. The first kappa shape index (κ1) is 17.2. The monoisotopic (exact) mass is 254 g/mol. The molecule has 0 aliphatic heterocycles. The van der Waals surface area contributed by atoms with E-state index in [1.807, 2.05) is 19.9 Å². The Kier molecular flexibility index (Phi) is 12.1. The molecule has 0 rings (SSSR count). The topological polar surface area (TPSA) is 26.3 Å². The fourth-order valence-corrected chi connectivity index (χ4v) is 1.70. The first-order valence-corrected chi connectivity index (χ1v) is 7.55. The van der Waals surface area contributed by atoms with Gasteiger partial charge in [0.25, 0.3) is 0 Å². The molecule has 1 unspecified atom stereocenters. The Labute approximate surface area is 113 Å². The molecular formula is C16H30O2. The summed E-state index contributed by atoms with van der Waals surface area (Å²) >= 11 is 0. The van der Waals surface area contributed by atoms with Crippen molar-refractivity contribution in [1.82, 2.24) is 0 Å². The van der Waals surface area contributed by atoms with Crippen LogP contribution in [0.4, 0.5) is 0 Å². The minimum Gasteiger partial charge on any atom is -0.462 e. The maximum Gasteiger partial charge on any atom is 0.309 e. The van der Waals surface area contributed by atoms with Crippen molar-refractivity contribution in [3.05, 3.63) is 12.2 Å². The lowest BCUT2D eigenvalue weighted by atomic mass is 10.1. The van der Waals surface area contributed by atoms with E-state index in [2.05, 4.69) is 13.0 Å². The molecule has 0 fully saturated rings. The van der Waals surface area contributed by atoms with Gasteiger partial charge in [-0.25, -0.2) is 0 Å². The molecule has 0 N–H and O–H groups in total. The molecule has 0 amide bonds. The van der Waals surface area contributed by atoms with Crippen LogP contribution >= 0.6 is 0 Å². The van der Waals surface area contributed by atoms with Gasteiger partial charge in [-0.1, -0.05) is 58.1 Å². The molecule has 18 heavy (non-hydrogen) atoms. The van der Waals surface area contributed by atoms with Crippen molar-refractivity contribution < 1.29 is 9.53 Å². The average molecular weight is 254 g/mol. The van der Waals surface area contributed by atoms with Crippen LogP contribution in [0, 0.1) is 0 Å². The summed E-state index contributed by atoms with van der Waals surface area (Å²) in [7, 11) is 0. The third-order valence-corrected chi connectivity index (χ3v) is 3.08. The Hall–Kier alpha value is -0.790. The van der Waals surface area contributed by atoms with Crippen molar-refractivity contribution in [3.63, 3.8) is 0 Å². The number of unbranched alkanes of at least 4 members (excludes halogenated alkanes) is 6. The highest BCUT2D eigenvalue weighted by Crippen LogP contribution is 2.07. The van der Waals surface area contributed by atoms with Crippen LogP contribution < -0.4 is 0 Å². The smallest absolute Gasteiger partial charge is 0.309 e. The Morgan fingerprint density at radius 2 is 1.72 bits per heavy atom. The quantitative estimate of drug-likeness (QED) is 0.294. The second-order valence-electron chi connectivity index (χ2n) is 4.94. The standard InChI is InChI=1S/C16H30O2/c1-4-6-7-8-9-10-11-12-13-14-16(17)18-15(3)5-2/h12-13,15H,4-11,14H2,1-3H3/b13-12-. The molecule has 0 saturated heterocycles. The molecule has 2 nitrogen and oxygen atoms in total. The summed E-state index contributed by atoms with van der Waals surface area (Å²) < 4.78 is 5.18. The normalized spacial score (nSPS) is 12.8. The lowest BCUT2D eigenvalue weighted by molar-refractivity contribution is -0.147. The summed E-state index contributed by atoms with van der Waals surface area (Å²) in [5.41, 5.74) is 0. The molecule has 106 valence electrons. The molecule has 0 heterocycles. The van der Waals surface area contributed by atoms with Gasteiger partial charge in [-0.3, -0.25) is 4.79 Å². The van der Waals surface area contributed by atoms with Crippen molar-refractivity contribution in [1.29, 1.82) is 0 Å². The van der Waals surface area contributed by atoms with Gasteiger partial charge in [-0.05, 0) is 26.2 Å². The fourth-order valence-electron chi connectivity index (χ4n) is 1.70. The summed E-state index contributed by atoms with van der Waals surface area (Å²) in [4.78, 5) is 11.3. The molecule has 0 aliphatic carbocycles. The van der Waals surface area contributed by atoms with Gasteiger partial charge in [0.1, 0.15) is 0 Å². The molecule has 0 aliphatic rings. The largest absolute Gasteiger partial charge is 0.462 e. The zero-order valence-electron chi connectivity index (χ0n) is 12.4. The van der Waals surface area contributed by atoms with Gasteiger partial charge in [0, 0.05) is 0 Å². The zero-order valence-corrected chi connectivity index (χ0v) is 12.4. The number of rotatable bonds is 11. The fraction of sp³-hybridized carbons (Fsp3) is 0.812. The van der Waals surface area contributed by atoms with E-state index >= 15 is 0 Å². The molecule has 0 saturated carbocycles. The van der Waals surface area contributed by atoms with Crippen molar-refractivity contribution >= 4 is 5.97 Å². The Bertz CT molecular complexity index is 221. The minimum absolute atomic E-state index is 0.0458. The van der Waals surface area contributed by atoms with Crippen LogP contribution in [-0.4, -0.2) is 12.1 Å². The van der Waals surface area contributed by atoms with Crippen molar-refractivity contribution in [3.8, 4) is 0 Å². The van der Waals surface area contributed by atoms with Crippen molar-refractivity contribution in [2.75, 3.05) is 0 Å². The molecule has 0 aromatic carbocycles. The summed E-state index contributed by atoms with van der Waals surface area (Å²) in [6.45, 7) is 6.19. The van der Waals surface area contributed by atoms with Crippen LogP contribution in [-0.2, 0) is 9.53 Å². The second kappa shape index (κ2) is 12.7. The van der Waals surface area contributed by atoms with Gasteiger partial charge in [0.05, 0.1) is 12.5 Å². The second-order valence-corrected chi connectivity index (χ2v) is 4.94. The first-order chi connectivity index (χ1) is 8.70. The predicted molar refractivity (Wildman–Crippen MR) is 77.6 cm³/mol. The zero-order chi connectivity index (χ0) is 13.6. The Morgan fingerprint density at radius 1 is 1.06 bits per heavy atom. The predicted octanol–water partition coefficient (Wildman–Crippen LogP) is 5.03. The van der Waals surface area contributed by atoms with Crippen LogP contribution in [0.2, 0.25) is 0 Å². The molecule has 0 radical (unpaired) electrons. The van der Waals surface area contributed by atoms with Gasteiger partial charge < -0.3 is 4.74 Å². The molecule has 0 aromatic rings. The van der Waals surface area contributed by atoms with Crippen LogP contribution in [0.15, 0.2) is 12.2 Å². The highest BCUT2D eigenvalue weighted by Gasteiger charge is 2.04. The number of ether oxygens (including phenoxy) is 1. The lowest BCUT2D eigenvalue weighted by Gasteiger charge is -2.08. The molecule has 2 heteroatoms. The molecule has 0 bridgehead atoms. The van der Waals surface area contributed by atoms with Crippen LogP contribution in [0.1, 0.15) is 78.6 Å². The van der Waals surface area contributed by atoms with E-state index in [9.17, 15) is 4.79 Å². The van der Waals surface area contributed by atoms with Crippen molar-refractivity contribution in [2.45, 2.75) is 84.7 Å². The number of esters is 1. The summed E-state index contributed by atoms with van der Waals surface area (Å²) in [6, 6.07) is 0. The van der Waals surface area contributed by atoms with E-state index in [0.29, 0.717) is 6.42 Å². The first-order valence-electron chi connectivity index (χ1n) is 7.55.